The Kier molecular flexibility index (Phi) is 4.71. The largest absolute Gasteiger partial charge is 0.387 e. The van der Waals surface area contributed by atoms with Crippen LogP contribution < -0.4 is 0 Å². The number of aliphatic hydroxyl groups is 1. The minimum absolute atomic E-state index is 0.353. The maximum absolute atomic E-state index is 10.4. The van der Waals surface area contributed by atoms with Crippen LogP contribution in [0.15, 0.2) is 30.3 Å². The van der Waals surface area contributed by atoms with Gasteiger partial charge in [-0.15, -0.1) is 0 Å². The third-order valence-corrected chi connectivity index (χ3v) is 4.75. The highest BCUT2D eigenvalue weighted by Crippen LogP contribution is 2.22. The number of β-amino-alcohol motifs (C(OH)–C–C–N with tert-alkyl or cyclic N) is 1. The zero-order chi connectivity index (χ0) is 13.8. The summed E-state index contributed by atoms with van der Waals surface area (Å²) in [6.07, 6.45) is 4.97. The summed E-state index contributed by atoms with van der Waals surface area (Å²) in [5.74, 6) is 0. The topological polar surface area (TPSA) is 26.7 Å². The van der Waals surface area contributed by atoms with E-state index in [1.807, 2.05) is 30.3 Å². The van der Waals surface area contributed by atoms with Crippen LogP contribution >= 0.6 is 0 Å². The molecule has 3 rings (SSSR count). The Morgan fingerprint density at radius 1 is 1.05 bits per heavy atom. The summed E-state index contributed by atoms with van der Waals surface area (Å²) in [5, 5.41) is 10.4. The van der Waals surface area contributed by atoms with Crippen molar-refractivity contribution in [2.45, 2.75) is 37.8 Å². The number of aliphatic hydroxyl groups excluding tert-OH is 1. The second kappa shape index (κ2) is 6.70. The molecule has 0 aromatic heterocycles. The predicted octanol–water partition coefficient (Wildman–Crippen LogP) is 2.28. The van der Waals surface area contributed by atoms with Gasteiger partial charge in [0, 0.05) is 19.1 Å². The van der Waals surface area contributed by atoms with Crippen LogP contribution in [0.3, 0.4) is 0 Å². The van der Waals surface area contributed by atoms with E-state index in [2.05, 4.69) is 9.80 Å². The first-order valence-corrected chi connectivity index (χ1v) is 8.02. The lowest BCUT2D eigenvalue weighted by molar-refractivity contribution is 0.0651. The van der Waals surface area contributed by atoms with E-state index in [-0.39, 0.29) is 6.10 Å². The number of rotatable bonds is 4. The van der Waals surface area contributed by atoms with Crippen LogP contribution in [-0.4, -0.2) is 53.7 Å². The maximum atomic E-state index is 10.4. The fourth-order valence-corrected chi connectivity index (χ4v) is 3.63. The Bertz CT molecular complexity index is 403. The fourth-order valence-electron chi connectivity index (χ4n) is 3.63. The molecule has 2 fully saturated rings. The van der Waals surface area contributed by atoms with Crippen LogP contribution in [0.1, 0.15) is 37.4 Å². The lowest BCUT2D eigenvalue weighted by atomic mass is 10.0. The van der Waals surface area contributed by atoms with Gasteiger partial charge in [-0.25, -0.2) is 0 Å². The number of hydrogen-bond acceptors (Lipinski definition) is 3. The molecule has 3 nitrogen and oxygen atoms in total. The summed E-state index contributed by atoms with van der Waals surface area (Å²) in [7, 11) is 0. The van der Waals surface area contributed by atoms with Gasteiger partial charge in [0.1, 0.15) is 0 Å². The lowest BCUT2D eigenvalue weighted by Gasteiger charge is -2.38. The standard InChI is InChI=1S/C17H26N2O/c20-17(15-7-2-1-3-8-15)14-18-10-6-9-16(13-18)19-11-4-5-12-19/h1-3,7-8,16-17,20H,4-6,9-14H2/t16-,17+/m1/s1. The van der Waals surface area contributed by atoms with Crippen molar-refractivity contribution in [1.29, 1.82) is 0 Å². The molecule has 0 bridgehead atoms. The molecular formula is C17H26N2O. The quantitative estimate of drug-likeness (QED) is 0.912. The summed E-state index contributed by atoms with van der Waals surface area (Å²) in [6, 6.07) is 10.8. The number of piperidine rings is 1. The molecule has 3 heteroatoms. The van der Waals surface area contributed by atoms with Crippen LogP contribution in [0.25, 0.3) is 0 Å². The molecule has 2 heterocycles. The number of likely N-dealkylation sites (tertiary alicyclic amines) is 2. The molecule has 2 aliphatic heterocycles. The van der Waals surface area contributed by atoms with Crippen LogP contribution in [-0.2, 0) is 0 Å². The van der Waals surface area contributed by atoms with Crippen molar-refractivity contribution >= 4 is 0 Å². The van der Waals surface area contributed by atoms with Crippen molar-refractivity contribution in [1.82, 2.24) is 9.80 Å². The van der Waals surface area contributed by atoms with Crippen LogP contribution in [0.4, 0.5) is 0 Å². The second-order valence-electron chi connectivity index (χ2n) is 6.23. The molecule has 0 unspecified atom stereocenters. The third-order valence-electron chi connectivity index (χ3n) is 4.75. The Hall–Kier alpha value is -0.900. The van der Waals surface area contributed by atoms with Crippen molar-refractivity contribution in [2.24, 2.45) is 0 Å². The Balaban J connectivity index is 1.54. The third kappa shape index (κ3) is 3.40. The van der Waals surface area contributed by atoms with Gasteiger partial charge in [0.15, 0.2) is 0 Å². The number of benzene rings is 1. The Morgan fingerprint density at radius 3 is 2.55 bits per heavy atom. The van der Waals surface area contributed by atoms with Gasteiger partial charge >= 0.3 is 0 Å². The van der Waals surface area contributed by atoms with E-state index < -0.39 is 0 Å². The average Bonchev–Trinajstić information content (AvgIpc) is 3.03. The van der Waals surface area contributed by atoms with E-state index in [4.69, 9.17) is 0 Å². The fraction of sp³-hybridized carbons (Fsp3) is 0.647. The van der Waals surface area contributed by atoms with Crippen molar-refractivity contribution < 1.29 is 5.11 Å². The average molecular weight is 274 g/mol. The van der Waals surface area contributed by atoms with Crippen LogP contribution in [0.5, 0.6) is 0 Å². The summed E-state index contributed by atoms with van der Waals surface area (Å²) in [5.41, 5.74) is 1.04. The van der Waals surface area contributed by atoms with Gasteiger partial charge in [-0.05, 0) is 50.9 Å². The van der Waals surface area contributed by atoms with Crippen molar-refractivity contribution in [3.05, 3.63) is 35.9 Å². The summed E-state index contributed by atoms with van der Waals surface area (Å²) >= 11 is 0. The number of nitrogens with zero attached hydrogens (tertiary/aromatic N) is 2. The first-order chi connectivity index (χ1) is 9.83. The molecule has 2 saturated heterocycles. The van der Waals surface area contributed by atoms with Gasteiger partial charge in [0.25, 0.3) is 0 Å². The summed E-state index contributed by atoms with van der Waals surface area (Å²) < 4.78 is 0. The normalized spacial score (nSPS) is 26.8. The highest BCUT2D eigenvalue weighted by molar-refractivity contribution is 5.17. The Labute approximate surface area is 122 Å². The molecule has 20 heavy (non-hydrogen) atoms. The highest BCUT2D eigenvalue weighted by Gasteiger charge is 2.27. The summed E-state index contributed by atoms with van der Waals surface area (Å²) in [4.78, 5) is 5.10. The first kappa shape index (κ1) is 14.1. The molecular weight excluding hydrogens is 248 g/mol. The van der Waals surface area contributed by atoms with Gasteiger partial charge in [0.05, 0.1) is 6.10 Å². The van der Waals surface area contributed by atoms with E-state index in [1.54, 1.807) is 0 Å². The zero-order valence-electron chi connectivity index (χ0n) is 12.2. The molecule has 0 spiro atoms. The van der Waals surface area contributed by atoms with Gasteiger partial charge in [0.2, 0.25) is 0 Å². The number of hydrogen-bond donors (Lipinski definition) is 1. The predicted molar refractivity (Wildman–Crippen MR) is 81.7 cm³/mol. The maximum Gasteiger partial charge on any atom is 0.0916 e. The zero-order valence-corrected chi connectivity index (χ0v) is 12.2. The van der Waals surface area contributed by atoms with E-state index in [0.29, 0.717) is 6.04 Å². The van der Waals surface area contributed by atoms with Gasteiger partial charge in [-0.1, -0.05) is 30.3 Å². The smallest absolute Gasteiger partial charge is 0.0916 e. The monoisotopic (exact) mass is 274 g/mol. The second-order valence-corrected chi connectivity index (χ2v) is 6.23. The van der Waals surface area contributed by atoms with E-state index in [1.165, 1.54) is 38.8 Å². The molecule has 2 aliphatic rings. The molecule has 1 N–H and O–H groups in total. The van der Waals surface area contributed by atoms with Crippen LogP contribution in [0.2, 0.25) is 0 Å². The molecule has 0 radical (unpaired) electrons. The Morgan fingerprint density at radius 2 is 1.80 bits per heavy atom. The SMILES string of the molecule is O[C@@H](CN1CCC[C@@H](N2CCCC2)C1)c1ccccc1. The van der Waals surface area contributed by atoms with E-state index in [9.17, 15) is 5.11 Å². The van der Waals surface area contributed by atoms with Crippen LogP contribution in [0, 0.1) is 0 Å². The summed E-state index contributed by atoms with van der Waals surface area (Å²) in [6.45, 7) is 5.59. The first-order valence-electron chi connectivity index (χ1n) is 8.02. The van der Waals surface area contributed by atoms with Gasteiger partial charge < -0.3 is 5.11 Å². The molecule has 2 atom stereocenters. The molecule has 0 saturated carbocycles. The minimum atomic E-state index is -0.353. The lowest BCUT2D eigenvalue weighted by Crippen LogP contribution is -2.47. The van der Waals surface area contributed by atoms with E-state index in [0.717, 1.165) is 25.2 Å². The molecule has 0 amide bonds. The molecule has 110 valence electrons. The molecule has 1 aromatic rings. The van der Waals surface area contributed by atoms with Crippen molar-refractivity contribution in [3.63, 3.8) is 0 Å². The van der Waals surface area contributed by atoms with Gasteiger partial charge in [-0.3, -0.25) is 9.80 Å². The molecule has 1 aromatic carbocycles. The van der Waals surface area contributed by atoms with Crippen molar-refractivity contribution in [3.8, 4) is 0 Å². The highest BCUT2D eigenvalue weighted by atomic mass is 16.3. The van der Waals surface area contributed by atoms with E-state index >= 15 is 0 Å². The molecule has 0 aliphatic carbocycles. The minimum Gasteiger partial charge on any atom is -0.387 e. The van der Waals surface area contributed by atoms with Crippen molar-refractivity contribution in [2.75, 3.05) is 32.7 Å². The van der Waals surface area contributed by atoms with Gasteiger partial charge in [-0.2, -0.15) is 0 Å².